The van der Waals surface area contributed by atoms with E-state index in [1.807, 2.05) is 0 Å². The van der Waals surface area contributed by atoms with Gasteiger partial charge in [-0.05, 0) is 124 Å². The van der Waals surface area contributed by atoms with Crippen LogP contribution in [0, 0.1) is 0 Å². The van der Waals surface area contributed by atoms with E-state index in [4.69, 9.17) is 0 Å². The van der Waals surface area contributed by atoms with Crippen LogP contribution in [0.3, 0.4) is 0 Å². The molecule has 0 aromatic heterocycles. The van der Waals surface area contributed by atoms with Crippen molar-refractivity contribution in [1.82, 2.24) is 0 Å². The first-order valence-electron chi connectivity index (χ1n) is 19.6. The molecule has 0 aliphatic heterocycles. The van der Waals surface area contributed by atoms with Crippen LogP contribution in [0.15, 0.2) is 200 Å². The maximum absolute atomic E-state index is 2.45. The van der Waals surface area contributed by atoms with Crippen molar-refractivity contribution in [3.05, 3.63) is 211 Å². The predicted octanol–water partition coefficient (Wildman–Crippen LogP) is 15.4. The molecule has 10 aromatic rings. The van der Waals surface area contributed by atoms with E-state index >= 15 is 0 Å². The third kappa shape index (κ3) is 5.08. The van der Waals surface area contributed by atoms with Crippen LogP contribution in [-0.4, -0.2) is 0 Å². The van der Waals surface area contributed by atoms with E-state index < -0.39 is 0 Å². The predicted molar refractivity (Wildman–Crippen MR) is 240 cm³/mol. The minimum Gasteiger partial charge on any atom is -0.310 e. The molecule has 1 aliphatic carbocycles. The number of anilines is 3. The number of hydrogen-bond acceptors (Lipinski definition) is 1. The Morgan fingerprint density at radius 1 is 0.339 bits per heavy atom. The molecule has 0 fully saturated rings. The van der Waals surface area contributed by atoms with Crippen LogP contribution in [0.4, 0.5) is 17.1 Å². The Balaban J connectivity index is 1.02. The summed E-state index contributed by atoms with van der Waals surface area (Å²) in [4.78, 5) is 2.45. The van der Waals surface area contributed by atoms with E-state index in [0.717, 1.165) is 11.4 Å². The van der Waals surface area contributed by atoms with Gasteiger partial charge in [0.05, 0.1) is 5.69 Å². The second-order valence-corrected chi connectivity index (χ2v) is 15.7. The van der Waals surface area contributed by atoms with Gasteiger partial charge in [0.2, 0.25) is 0 Å². The topological polar surface area (TPSA) is 3.24 Å². The second-order valence-electron chi connectivity index (χ2n) is 15.7. The van der Waals surface area contributed by atoms with Crippen molar-refractivity contribution in [3.63, 3.8) is 0 Å². The molecule has 56 heavy (non-hydrogen) atoms. The van der Waals surface area contributed by atoms with Crippen LogP contribution < -0.4 is 4.90 Å². The number of rotatable bonds is 5. The lowest BCUT2D eigenvalue weighted by Crippen LogP contribution is -2.16. The Labute approximate surface area is 327 Å². The van der Waals surface area contributed by atoms with Gasteiger partial charge in [0.25, 0.3) is 0 Å². The molecule has 0 atom stereocenters. The molecule has 0 heterocycles. The zero-order valence-electron chi connectivity index (χ0n) is 31.5. The van der Waals surface area contributed by atoms with Crippen molar-refractivity contribution in [3.8, 4) is 33.4 Å². The molecule has 0 bridgehead atoms. The van der Waals surface area contributed by atoms with E-state index in [0.29, 0.717) is 0 Å². The quantitative estimate of drug-likeness (QED) is 0.161. The van der Waals surface area contributed by atoms with E-state index in [-0.39, 0.29) is 5.41 Å². The summed E-state index contributed by atoms with van der Waals surface area (Å²) in [6, 6.07) is 74.0. The maximum Gasteiger partial charge on any atom is 0.0543 e. The highest BCUT2D eigenvalue weighted by Crippen LogP contribution is 2.54. The standard InChI is InChI=1S/C55H39N/c1-55(2)51-15-8-7-14-50(51)54-52(55)16-9-17-53(54)56(44-27-20-37(21-28-44)41-19-18-36-10-3-4-12-40(36)34-41)45-29-22-38(23-30-45)42-25-31-47-43(35-42)26-33-48-46-13-6-5-11-39(46)24-32-49(47)48/h3-35H,1-2H3. The first kappa shape index (κ1) is 32.5. The first-order valence-corrected chi connectivity index (χ1v) is 19.6. The summed E-state index contributed by atoms with van der Waals surface area (Å²) in [7, 11) is 0. The SMILES string of the molecule is CC1(C)c2ccccc2-c2c(N(c3ccc(-c4ccc5ccccc5c4)cc3)c3ccc(-c4ccc5c(ccc6c7ccccc7ccc56)c4)cc3)cccc21. The first-order chi connectivity index (χ1) is 27.5. The Kier molecular flexibility index (Phi) is 7.28. The minimum absolute atomic E-state index is 0.0914. The van der Waals surface area contributed by atoms with Crippen LogP contribution in [-0.2, 0) is 5.41 Å². The lowest BCUT2D eigenvalue weighted by molar-refractivity contribution is 0.660. The van der Waals surface area contributed by atoms with E-state index in [9.17, 15) is 0 Å². The van der Waals surface area contributed by atoms with E-state index in [1.165, 1.54) is 93.3 Å². The monoisotopic (exact) mass is 713 g/mol. The van der Waals surface area contributed by atoms with Crippen LogP contribution in [0.5, 0.6) is 0 Å². The summed E-state index contributed by atoms with van der Waals surface area (Å²) in [6.45, 7) is 4.71. The van der Waals surface area contributed by atoms with Crippen molar-refractivity contribution in [1.29, 1.82) is 0 Å². The highest BCUT2D eigenvalue weighted by Gasteiger charge is 2.37. The molecule has 0 N–H and O–H groups in total. The molecule has 0 spiro atoms. The van der Waals surface area contributed by atoms with Crippen molar-refractivity contribution < 1.29 is 0 Å². The molecule has 0 amide bonds. The van der Waals surface area contributed by atoms with Crippen molar-refractivity contribution >= 4 is 60.2 Å². The normalized spacial score (nSPS) is 13.0. The van der Waals surface area contributed by atoms with Crippen LogP contribution in [0.2, 0.25) is 0 Å². The molecular formula is C55H39N. The summed E-state index contributed by atoms with van der Waals surface area (Å²) in [6.07, 6.45) is 0. The molecule has 1 heteroatoms. The van der Waals surface area contributed by atoms with Crippen LogP contribution in [0.1, 0.15) is 25.0 Å². The molecule has 0 saturated carbocycles. The van der Waals surface area contributed by atoms with Gasteiger partial charge in [0.15, 0.2) is 0 Å². The Hall–Kier alpha value is -6.96. The molecule has 0 radical (unpaired) electrons. The summed E-state index contributed by atoms with van der Waals surface area (Å²) in [5.74, 6) is 0. The molecule has 11 rings (SSSR count). The summed E-state index contributed by atoms with van der Waals surface area (Å²) in [5, 5.41) is 10.2. The molecule has 0 unspecified atom stereocenters. The van der Waals surface area contributed by atoms with Gasteiger partial charge in [0.1, 0.15) is 0 Å². The lowest BCUT2D eigenvalue weighted by Gasteiger charge is -2.29. The number of fused-ring (bicyclic) bond motifs is 9. The van der Waals surface area contributed by atoms with Gasteiger partial charge in [-0.1, -0.05) is 172 Å². The molecule has 264 valence electrons. The second kappa shape index (κ2) is 12.5. The Bertz CT molecular complexity index is 3150. The zero-order valence-corrected chi connectivity index (χ0v) is 31.5. The number of hydrogen-bond donors (Lipinski definition) is 0. The number of nitrogens with zero attached hydrogens (tertiary/aromatic N) is 1. The van der Waals surface area contributed by atoms with Crippen molar-refractivity contribution in [2.24, 2.45) is 0 Å². The van der Waals surface area contributed by atoms with Crippen molar-refractivity contribution in [2.75, 3.05) is 4.90 Å². The highest BCUT2D eigenvalue weighted by atomic mass is 15.1. The third-order valence-electron chi connectivity index (χ3n) is 12.2. The Morgan fingerprint density at radius 2 is 0.839 bits per heavy atom. The fourth-order valence-corrected chi connectivity index (χ4v) is 9.33. The maximum atomic E-state index is 2.45. The van der Waals surface area contributed by atoms with Gasteiger partial charge in [-0.15, -0.1) is 0 Å². The zero-order chi connectivity index (χ0) is 37.4. The van der Waals surface area contributed by atoms with E-state index in [2.05, 4.69) is 219 Å². The van der Waals surface area contributed by atoms with E-state index in [1.54, 1.807) is 0 Å². The van der Waals surface area contributed by atoms with Gasteiger partial charge >= 0.3 is 0 Å². The van der Waals surface area contributed by atoms with Crippen LogP contribution >= 0.6 is 0 Å². The van der Waals surface area contributed by atoms with Gasteiger partial charge in [-0.25, -0.2) is 0 Å². The van der Waals surface area contributed by atoms with Crippen LogP contribution in [0.25, 0.3) is 76.5 Å². The third-order valence-corrected chi connectivity index (χ3v) is 12.2. The average Bonchev–Trinajstić information content (AvgIpc) is 3.50. The number of benzene rings is 10. The van der Waals surface area contributed by atoms with Gasteiger partial charge in [0, 0.05) is 22.4 Å². The summed E-state index contributed by atoms with van der Waals surface area (Å²) in [5.41, 5.74) is 13.6. The lowest BCUT2D eigenvalue weighted by atomic mass is 9.82. The fourth-order valence-electron chi connectivity index (χ4n) is 9.33. The fraction of sp³-hybridized carbons (Fsp3) is 0.0545. The van der Waals surface area contributed by atoms with Gasteiger partial charge < -0.3 is 4.90 Å². The average molecular weight is 714 g/mol. The van der Waals surface area contributed by atoms with Crippen molar-refractivity contribution in [2.45, 2.75) is 19.3 Å². The molecule has 10 aromatic carbocycles. The summed E-state index contributed by atoms with van der Waals surface area (Å²) >= 11 is 0. The molecule has 1 aliphatic rings. The minimum atomic E-state index is -0.0914. The Morgan fingerprint density at radius 3 is 1.57 bits per heavy atom. The molecular weight excluding hydrogens is 675 g/mol. The largest absolute Gasteiger partial charge is 0.310 e. The molecule has 0 saturated heterocycles. The summed E-state index contributed by atoms with van der Waals surface area (Å²) < 4.78 is 0. The smallest absolute Gasteiger partial charge is 0.0543 e. The van der Waals surface area contributed by atoms with Gasteiger partial charge in [-0.3, -0.25) is 0 Å². The highest BCUT2D eigenvalue weighted by molar-refractivity contribution is 6.17. The molecule has 1 nitrogen and oxygen atoms in total. The van der Waals surface area contributed by atoms with Gasteiger partial charge in [-0.2, -0.15) is 0 Å².